The molecule has 8 heteroatoms. The van der Waals surface area contributed by atoms with Crippen LogP contribution in [0.5, 0.6) is 0 Å². The topological polar surface area (TPSA) is 79.1 Å². The molecule has 0 N–H and O–H groups in total. The Morgan fingerprint density at radius 2 is 2.04 bits per heavy atom. The molecule has 0 aliphatic heterocycles. The third-order valence-electron chi connectivity index (χ3n) is 3.19. The summed E-state index contributed by atoms with van der Waals surface area (Å²) in [5.74, 6) is -0.0952. The summed E-state index contributed by atoms with van der Waals surface area (Å²) in [5.41, 5.74) is 1.85. The first-order valence-corrected chi connectivity index (χ1v) is 8.18. The van der Waals surface area contributed by atoms with Gasteiger partial charge >= 0.3 is 0 Å². The van der Waals surface area contributed by atoms with Crippen LogP contribution >= 0.6 is 11.3 Å². The van der Waals surface area contributed by atoms with E-state index in [0.29, 0.717) is 35.2 Å². The Balaban J connectivity index is 1.67. The molecule has 0 unspecified atom stereocenters. The number of carbonyl (C=O) groups is 1. The van der Waals surface area contributed by atoms with Crippen molar-refractivity contribution in [3.63, 3.8) is 0 Å². The number of hydrogen-bond donors (Lipinski definition) is 0. The average Bonchev–Trinajstić information content (AvgIpc) is 3.28. The van der Waals surface area contributed by atoms with E-state index >= 15 is 0 Å². The van der Waals surface area contributed by atoms with Gasteiger partial charge in [0.1, 0.15) is 18.1 Å². The Bertz CT molecular complexity index is 801. The molecule has 0 bridgehead atoms. The first kappa shape index (κ1) is 16.4. The Morgan fingerprint density at radius 3 is 2.83 bits per heavy atom. The second kappa shape index (κ2) is 7.91. The fourth-order valence-electron chi connectivity index (χ4n) is 1.99. The standard InChI is InChI=1S/C16H16N4O3S/c1-22-7-8-23-11-20-9-13(18-19-20)14-10-24-16(17-14)15(21)12-5-3-2-4-6-12/h2-6,9-10H,7-8,11H2,1H3. The molecule has 2 aromatic heterocycles. The van der Waals surface area contributed by atoms with Gasteiger partial charge in [-0.3, -0.25) is 4.79 Å². The Morgan fingerprint density at radius 1 is 1.21 bits per heavy atom. The molecular weight excluding hydrogens is 328 g/mol. The van der Waals surface area contributed by atoms with Crippen molar-refractivity contribution >= 4 is 17.1 Å². The second-order valence-corrected chi connectivity index (χ2v) is 5.76. The van der Waals surface area contributed by atoms with Gasteiger partial charge in [0, 0.05) is 18.1 Å². The fourth-order valence-corrected chi connectivity index (χ4v) is 2.76. The third kappa shape index (κ3) is 3.91. The van der Waals surface area contributed by atoms with Crippen molar-refractivity contribution in [2.45, 2.75) is 6.73 Å². The van der Waals surface area contributed by atoms with Gasteiger partial charge in [0.2, 0.25) is 5.78 Å². The summed E-state index contributed by atoms with van der Waals surface area (Å²) in [4.78, 5) is 16.7. The monoisotopic (exact) mass is 344 g/mol. The number of ketones is 1. The lowest BCUT2D eigenvalue weighted by atomic mass is 10.1. The normalized spacial score (nSPS) is 10.9. The second-order valence-electron chi connectivity index (χ2n) is 4.91. The molecule has 24 heavy (non-hydrogen) atoms. The Kier molecular flexibility index (Phi) is 5.42. The smallest absolute Gasteiger partial charge is 0.221 e. The SMILES string of the molecule is COCCOCn1cc(-c2csc(C(=O)c3ccccc3)n2)nn1. The Hall–Kier alpha value is -2.42. The molecule has 0 saturated carbocycles. The number of hydrogen-bond acceptors (Lipinski definition) is 7. The van der Waals surface area contributed by atoms with Crippen LogP contribution in [-0.4, -0.2) is 46.1 Å². The quantitative estimate of drug-likeness (QED) is 0.461. The molecule has 0 spiro atoms. The van der Waals surface area contributed by atoms with Crippen molar-refractivity contribution in [2.75, 3.05) is 20.3 Å². The van der Waals surface area contributed by atoms with Crippen molar-refractivity contribution in [3.8, 4) is 11.4 Å². The molecule has 3 rings (SSSR count). The van der Waals surface area contributed by atoms with Crippen molar-refractivity contribution < 1.29 is 14.3 Å². The van der Waals surface area contributed by atoms with Crippen molar-refractivity contribution in [1.82, 2.24) is 20.0 Å². The molecule has 124 valence electrons. The first-order valence-electron chi connectivity index (χ1n) is 7.30. The van der Waals surface area contributed by atoms with E-state index in [4.69, 9.17) is 9.47 Å². The predicted molar refractivity (Wildman–Crippen MR) is 88.8 cm³/mol. The number of nitrogens with zero attached hydrogens (tertiary/aromatic N) is 4. The number of ether oxygens (including phenoxy) is 2. The van der Waals surface area contributed by atoms with Crippen LogP contribution in [0.4, 0.5) is 0 Å². The lowest BCUT2D eigenvalue weighted by Crippen LogP contribution is -2.07. The van der Waals surface area contributed by atoms with Crippen molar-refractivity contribution in [2.24, 2.45) is 0 Å². The van der Waals surface area contributed by atoms with Crippen LogP contribution in [-0.2, 0) is 16.2 Å². The molecule has 0 amide bonds. The molecule has 0 aliphatic rings. The molecular formula is C16H16N4O3S. The van der Waals surface area contributed by atoms with Gasteiger partial charge in [0.05, 0.1) is 19.4 Å². The minimum atomic E-state index is -0.0952. The fraction of sp³-hybridized carbons (Fsp3) is 0.250. The van der Waals surface area contributed by atoms with Gasteiger partial charge in [-0.15, -0.1) is 16.4 Å². The first-order chi connectivity index (χ1) is 11.8. The lowest BCUT2D eigenvalue weighted by Gasteiger charge is -2.01. The molecule has 1 aromatic carbocycles. The summed E-state index contributed by atoms with van der Waals surface area (Å²) >= 11 is 1.30. The van der Waals surface area contributed by atoms with Crippen molar-refractivity contribution in [3.05, 3.63) is 52.5 Å². The van der Waals surface area contributed by atoms with Gasteiger partial charge in [0.25, 0.3) is 0 Å². The van der Waals surface area contributed by atoms with Gasteiger partial charge in [-0.25, -0.2) is 9.67 Å². The molecule has 0 aliphatic carbocycles. The van der Waals surface area contributed by atoms with Crippen LogP contribution in [0, 0.1) is 0 Å². The van der Waals surface area contributed by atoms with Gasteiger partial charge < -0.3 is 9.47 Å². The maximum Gasteiger partial charge on any atom is 0.221 e. The number of benzene rings is 1. The van der Waals surface area contributed by atoms with Gasteiger partial charge in [-0.1, -0.05) is 35.5 Å². The lowest BCUT2D eigenvalue weighted by molar-refractivity contribution is 0.0281. The summed E-state index contributed by atoms with van der Waals surface area (Å²) in [6.45, 7) is 1.30. The average molecular weight is 344 g/mol. The zero-order valence-electron chi connectivity index (χ0n) is 13.1. The largest absolute Gasteiger partial charge is 0.382 e. The molecule has 3 aromatic rings. The van der Waals surface area contributed by atoms with E-state index in [-0.39, 0.29) is 12.5 Å². The zero-order valence-corrected chi connectivity index (χ0v) is 13.9. The molecule has 0 fully saturated rings. The highest BCUT2D eigenvalue weighted by Crippen LogP contribution is 2.21. The van der Waals surface area contributed by atoms with E-state index in [2.05, 4.69) is 15.3 Å². The summed E-state index contributed by atoms with van der Waals surface area (Å²) < 4.78 is 11.9. The molecule has 0 atom stereocenters. The van der Waals surface area contributed by atoms with Crippen LogP contribution in [0.3, 0.4) is 0 Å². The van der Waals surface area contributed by atoms with E-state index in [1.807, 2.05) is 18.2 Å². The highest BCUT2D eigenvalue weighted by atomic mass is 32.1. The summed E-state index contributed by atoms with van der Waals surface area (Å²) in [5, 5.41) is 10.3. The van der Waals surface area contributed by atoms with Crippen LogP contribution in [0.2, 0.25) is 0 Å². The summed E-state index contributed by atoms with van der Waals surface area (Å²) in [7, 11) is 1.62. The van der Waals surface area contributed by atoms with Gasteiger partial charge in [-0.2, -0.15) is 0 Å². The number of methoxy groups -OCH3 is 1. The maximum absolute atomic E-state index is 12.4. The van der Waals surface area contributed by atoms with Crippen LogP contribution in [0.15, 0.2) is 41.9 Å². The Labute approximate surface area is 142 Å². The van der Waals surface area contributed by atoms with Crippen LogP contribution < -0.4 is 0 Å². The van der Waals surface area contributed by atoms with Crippen molar-refractivity contribution in [1.29, 1.82) is 0 Å². The van der Waals surface area contributed by atoms with Gasteiger partial charge in [-0.05, 0) is 0 Å². The number of carbonyl (C=O) groups excluding carboxylic acids is 1. The summed E-state index contributed by atoms with van der Waals surface area (Å²) in [6.07, 6.45) is 1.73. The van der Waals surface area contributed by atoms with E-state index in [0.717, 1.165) is 0 Å². The molecule has 0 saturated heterocycles. The zero-order chi connectivity index (χ0) is 16.8. The third-order valence-corrected chi connectivity index (χ3v) is 4.03. The van der Waals surface area contributed by atoms with Gasteiger partial charge in [0.15, 0.2) is 5.01 Å². The minimum Gasteiger partial charge on any atom is -0.382 e. The highest BCUT2D eigenvalue weighted by Gasteiger charge is 2.15. The van der Waals surface area contributed by atoms with E-state index in [1.54, 1.807) is 35.5 Å². The van der Waals surface area contributed by atoms with E-state index in [9.17, 15) is 4.79 Å². The summed E-state index contributed by atoms with van der Waals surface area (Å²) in [6, 6.07) is 9.08. The molecule has 2 heterocycles. The van der Waals surface area contributed by atoms with Crippen LogP contribution in [0.25, 0.3) is 11.4 Å². The molecule has 7 nitrogen and oxygen atoms in total. The highest BCUT2D eigenvalue weighted by molar-refractivity contribution is 7.12. The number of thiazole rings is 1. The van der Waals surface area contributed by atoms with E-state index < -0.39 is 0 Å². The number of aromatic nitrogens is 4. The van der Waals surface area contributed by atoms with Crippen LogP contribution in [0.1, 0.15) is 15.4 Å². The number of rotatable bonds is 8. The molecule has 0 radical (unpaired) electrons. The van der Waals surface area contributed by atoms with E-state index in [1.165, 1.54) is 11.3 Å². The predicted octanol–water partition coefficient (Wildman–Crippen LogP) is 2.25. The maximum atomic E-state index is 12.4. The minimum absolute atomic E-state index is 0.0952.